The predicted octanol–water partition coefficient (Wildman–Crippen LogP) is 4.78. The summed E-state index contributed by atoms with van der Waals surface area (Å²) in [5.41, 5.74) is 3.05. The minimum absolute atomic E-state index is 0.0567. The minimum Gasteiger partial charge on any atom is -0.508 e. The molecule has 11 nitrogen and oxygen atoms in total. The molecule has 3 atom stereocenters. The Bertz CT molecular complexity index is 1640. The van der Waals surface area contributed by atoms with Crippen LogP contribution in [0.15, 0.2) is 66.7 Å². The molecular weight excluding hydrogens is 674 g/mol. The highest BCUT2D eigenvalue weighted by atomic mass is 16.5. The summed E-state index contributed by atoms with van der Waals surface area (Å²) < 4.78 is 25.3. The molecule has 5 N–H and O–H groups in total. The van der Waals surface area contributed by atoms with Gasteiger partial charge in [-0.05, 0) is 41.5 Å². The zero-order valence-electron chi connectivity index (χ0n) is 30.7. The Hall–Kier alpha value is -3.55. The Labute approximate surface area is 312 Å². The molecule has 8 rings (SSSR count). The van der Waals surface area contributed by atoms with Gasteiger partial charge in [-0.2, -0.15) is 0 Å². The lowest BCUT2D eigenvalue weighted by Gasteiger charge is -2.52. The van der Waals surface area contributed by atoms with Gasteiger partial charge in [-0.3, -0.25) is 4.79 Å². The maximum absolute atomic E-state index is 12.0. The van der Waals surface area contributed by atoms with E-state index in [1.807, 2.05) is 18.2 Å². The van der Waals surface area contributed by atoms with Crippen molar-refractivity contribution in [1.82, 2.24) is 5.32 Å². The number of aliphatic hydroxyl groups is 2. The van der Waals surface area contributed by atoms with Gasteiger partial charge in [-0.25, -0.2) is 0 Å². The molecule has 0 spiro atoms. The number of carbonyl (C=O) groups excluding carboxylic acids is 1. The van der Waals surface area contributed by atoms with Crippen LogP contribution in [0.2, 0.25) is 0 Å². The monoisotopic (exact) mass is 730 g/mol. The number of anilines is 1. The summed E-state index contributed by atoms with van der Waals surface area (Å²) in [6.45, 7) is 7.58. The molecule has 1 aliphatic carbocycles. The van der Waals surface area contributed by atoms with Gasteiger partial charge in [0.1, 0.15) is 36.3 Å². The molecule has 4 aliphatic heterocycles. The lowest BCUT2D eigenvalue weighted by Crippen LogP contribution is -2.65. The number of nitrogens with one attached hydrogen (secondary N) is 2. The summed E-state index contributed by atoms with van der Waals surface area (Å²) in [5.74, 6) is 0.852. The topological polar surface area (TPSA) is 139 Å². The number of phenols is 1. The van der Waals surface area contributed by atoms with Gasteiger partial charge in [0.05, 0.1) is 57.9 Å². The van der Waals surface area contributed by atoms with E-state index in [1.54, 1.807) is 0 Å². The third-order valence-electron chi connectivity index (χ3n) is 12.0. The lowest BCUT2D eigenvalue weighted by atomic mass is 9.80. The number of fused-ring (bicyclic) bond motifs is 4. The molecule has 1 unspecified atom stereocenters. The average Bonchev–Trinajstić information content (AvgIpc) is 3.74. The van der Waals surface area contributed by atoms with Crippen LogP contribution in [0.4, 0.5) is 5.69 Å². The Morgan fingerprint density at radius 3 is 2.36 bits per heavy atom. The standard InChI is InChI=1S/C42H55N3O8/c46-35-22-36(41-37(23-35)44-40(48)28-52-41)38(47)24-43-16-20-50-26-30-10-12-31(13-11-30)27-51-21-19-45-17-14-32(15-18-45)39(25-45)53-29-42(49,34-8-4-5-9-34)33-6-2-1-3-7-33/h1-3,6-7,10-13,22-23,32,34,38-39,43,47,49H,4-5,8-9,14-21,24-29H2,(H-,44,46,48)/p+1/t32?,38-,39-,42?,45?/m0/s1. The summed E-state index contributed by atoms with van der Waals surface area (Å²) >= 11 is 0. The summed E-state index contributed by atoms with van der Waals surface area (Å²) in [5, 5.41) is 38.5. The summed E-state index contributed by atoms with van der Waals surface area (Å²) in [6.07, 6.45) is 6.11. The van der Waals surface area contributed by atoms with Gasteiger partial charge in [-0.15, -0.1) is 0 Å². The molecule has 4 heterocycles. The molecule has 1 saturated carbocycles. The molecule has 2 bridgehead atoms. The van der Waals surface area contributed by atoms with Crippen molar-refractivity contribution >= 4 is 11.6 Å². The van der Waals surface area contributed by atoms with Crippen molar-refractivity contribution in [1.29, 1.82) is 0 Å². The van der Waals surface area contributed by atoms with Crippen LogP contribution in [0.5, 0.6) is 11.5 Å². The number of hydrogen-bond donors (Lipinski definition) is 5. The Balaban J connectivity index is 0.796. The van der Waals surface area contributed by atoms with Crippen LogP contribution in [-0.4, -0.2) is 97.5 Å². The quantitative estimate of drug-likeness (QED) is 0.0925. The fourth-order valence-electron chi connectivity index (χ4n) is 8.85. The second kappa shape index (κ2) is 17.3. The van der Waals surface area contributed by atoms with Crippen LogP contribution in [-0.2, 0) is 37.8 Å². The molecule has 286 valence electrons. The van der Waals surface area contributed by atoms with E-state index in [0.717, 1.165) is 47.1 Å². The zero-order valence-corrected chi connectivity index (χ0v) is 30.7. The smallest absolute Gasteiger partial charge is 0.262 e. The van der Waals surface area contributed by atoms with Gasteiger partial charge in [0.2, 0.25) is 0 Å². The van der Waals surface area contributed by atoms with Gasteiger partial charge in [0.15, 0.2) is 6.61 Å². The van der Waals surface area contributed by atoms with Crippen LogP contribution in [0.25, 0.3) is 0 Å². The Morgan fingerprint density at radius 2 is 1.64 bits per heavy atom. The number of benzene rings is 3. The first-order chi connectivity index (χ1) is 25.8. The second-order valence-corrected chi connectivity index (χ2v) is 15.5. The van der Waals surface area contributed by atoms with Gasteiger partial charge < -0.3 is 49.4 Å². The fraction of sp³-hybridized carbons (Fsp3) is 0.548. The van der Waals surface area contributed by atoms with E-state index < -0.39 is 11.7 Å². The number of aliphatic hydroxyl groups excluding tert-OH is 1. The largest absolute Gasteiger partial charge is 0.508 e. The van der Waals surface area contributed by atoms with Crippen molar-refractivity contribution in [3.05, 3.63) is 89.0 Å². The number of quaternary nitrogens is 1. The molecule has 0 radical (unpaired) electrons. The van der Waals surface area contributed by atoms with Crippen molar-refractivity contribution < 1.29 is 43.5 Å². The molecule has 1 amide bonds. The van der Waals surface area contributed by atoms with Gasteiger partial charge in [0.25, 0.3) is 5.91 Å². The van der Waals surface area contributed by atoms with Gasteiger partial charge in [-0.1, -0.05) is 67.4 Å². The average molecular weight is 731 g/mol. The molecule has 11 heteroatoms. The SMILES string of the molecule is O=C1COc2c(cc(O)cc2[C@@H](O)CNCCOCc2ccc(COCC[N+]34CCC(CC3)[C@@H](OCC(O)(c3ccccc3)C3CCCC3)C4)cc2)N1. The number of carbonyl (C=O) groups is 1. The van der Waals surface area contributed by atoms with Crippen LogP contribution < -0.4 is 15.4 Å². The first-order valence-electron chi connectivity index (χ1n) is 19.5. The maximum atomic E-state index is 12.0. The number of phenolic OH excluding ortho intramolecular Hbond substituents is 1. The van der Waals surface area contributed by atoms with E-state index >= 15 is 0 Å². The van der Waals surface area contributed by atoms with E-state index in [2.05, 4.69) is 47.0 Å². The molecule has 3 aromatic rings. The third kappa shape index (κ3) is 9.23. The summed E-state index contributed by atoms with van der Waals surface area (Å²) in [6, 6.07) is 21.4. The number of ether oxygens (including phenoxy) is 4. The van der Waals surface area contributed by atoms with Crippen molar-refractivity contribution in [3.63, 3.8) is 0 Å². The van der Waals surface area contributed by atoms with Crippen molar-refractivity contribution in [2.24, 2.45) is 11.8 Å². The fourth-order valence-corrected chi connectivity index (χ4v) is 8.85. The maximum Gasteiger partial charge on any atom is 0.262 e. The highest BCUT2D eigenvalue weighted by molar-refractivity contribution is 5.96. The molecule has 5 aliphatic rings. The lowest BCUT2D eigenvalue weighted by molar-refractivity contribution is -0.946. The number of amides is 1. The summed E-state index contributed by atoms with van der Waals surface area (Å²) in [7, 11) is 0. The van der Waals surface area contributed by atoms with E-state index in [0.29, 0.717) is 62.5 Å². The molecular formula is C42H56N3O8+. The molecule has 4 fully saturated rings. The van der Waals surface area contributed by atoms with Crippen LogP contribution in [0.1, 0.15) is 66.9 Å². The van der Waals surface area contributed by atoms with Crippen molar-refractivity contribution in [3.8, 4) is 11.5 Å². The molecule has 3 saturated heterocycles. The van der Waals surface area contributed by atoms with E-state index in [9.17, 15) is 20.1 Å². The van der Waals surface area contributed by atoms with Crippen LogP contribution in [0.3, 0.4) is 0 Å². The number of piperidine rings is 3. The van der Waals surface area contributed by atoms with E-state index in [1.165, 1.54) is 50.9 Å². The molecule has 3 aromatic carbocycles. The number of hydrogen-bond acceptors (Lipinski definition) is 9. The third-order valence-corrected chi connectivity index (χ3v) is 12.0. The highest BCUT2D eigenvalue weighted by Gasteiger charge is 2.48. The Morgan fingerprint density at radius 1 is 0.943 bits per heavy atom. The van der Waals surface area contributed by atoms with E-state index in [-0.39, 0.29) is 36.8 Å². The molecule has 53 heavy (non-hydrogen) atoms. The van der Waals surface area contributed by atoms with Crippen molar-refractivity contribution in [2.75, 3.05) is 71.0 Å². The normalized spacial score (nSPS) is 24.3. The van der Waals surface area contributed by atoms with Crippen LogP contribution >= 0.6 is 0 Å². The van der Waals surface area contributed by atoms with Gasteiger partial charge in [0, 0.05) is 43.5 Å². The Kier molecular flexibility index (Phi) is 12.3. The van der Waals surface area contributed by atoms with Crippen LogP contribution in [0, 0.1) is 11.8 Å². The minimum atomic E-state index is -0.929. The first kappa shape index (κ1) is 37.8. The number of nitrogens with zero attached hydrogens (tertiary/aromatic N) is 1. The van der Waals surface area contributed by atoms with E-state index in [4.69, 9.17) is 18.9 Å². The predicted molar refractivity (Wildman–Crippen MR) is 200 cm³/mol. The second-order valence-electron chi connectivity index (χ2n) is 15.5. The van der Waals surface area contributed by atoms with Crippen molar-refractivity contribution in [2.45, 2.75) is 69.5 Å². The summed E-state index contributed by atoms with van der Waals surface area (Å²) in [4.78, 5) is 11.6. The van der Waals surface area contributed by atoms with Gasteiger partial charge >= 0.3 is 0 Å². The first-order valence-corrected chi connectivity index (χ1v) is 19.5. The number of aromatic hydroxyl groups is 1. The number of rotatable bonds is 18. The highest BCUT2D eigenvalue weighted by Crippen LogP contribution is 2.43. The molecule has 0 aromatic heterocycles. The zero-order chi connectivity index (χ0) is 36.7.